The Morgan fingerprint density at radius 3 is 2.47 bits per heavy atom. The fourth-order valence-electron chi connectivity index (χ4n) is 1.29. The molecule has 1 N–H and O–H groups in total. The largest absolute Gasteiger partial charge is 0.309 e. The van der Waals surface area contributed by atoms with Crippen LogP contribution >= 0.6 is 0 Å². The van der Waals surface area contributed by atoms with Crippen LogP contribution < -0.4 is 5.56 Å². The number of nitrogens with zero attached hydrogens (tertiary/aromatic N) is 1. The van der Waals surface area contributed by atoms with Crippen molar-refractivity contribution in [2.75, 3.05) is 6.26 Å². The molecule has 1 aromatic heterocycles. The lowest BCUT2D eigenvalue weighted by molar-refractivity contribution is 0.599. The molecule has 0 aliphatic carbocycles. The topological polar surface area (TPSA) is 79.9 Å². The summed E-state index contributed by atoms with van der Waals surface area (Å²) >= 11 is 0. The number of H-pyrrole nitrogens is 1. The summed E-state index contributed by atoms with van der Waals surface area (Å²) in [6, 6.07) is 0. The molecule has 0 radical (unpaired) electrons. The van der Waals surface area contributed by atoms with Crippen LogP contribution in [0.5, 0.6) is 0 Å². The molecule has 0 saturated heterocycles. The zero-order valence-corrected chi connectivity index (χ0v) is 9.81. The molecule has 15 heavy (non-hydrogen) atoms. The van der Waals surface area contributed by atoms with E-state index in [0.717, 1.165) is 6.26 Å². The molecule has 84 valence electrons. The molecule has 0 fully saturated rings. The molecule has 0 amide bonds. The first-order valence-corrected chi connectivity index (χ1v) is 6.66. The summed E-state index contributed by atoms with van der Waals surface area (Å²) in [6.45, 7) is 3.55. The maximum Gasteiger partial charge on any atom is 0.254 e. The SMILES string of the molecule is CCc1nc(CS(C)(=O)=O)[nH]c(=O)c1C. The van der Waals surface area contributed by atoms with Gasteiger partial charge in [0, 0.05) is 11.8 Å². The lowest BCUT2D eigenvalue weighted by atomic mass is 10.2. The second kappa shape index (κ2) is 4.14. The van der Waals surface area contributed by atoms with E-state index in [4.69, 9.17) is 0 Å². The maximum atomic E-state index is 11.4. The van der Waals surface area contributed by atoms with Gasteiger partial charge < -0.3 is 4.98 Å². The summed E-state index contributed by atoms with van der Waals surface area (Å²) in [5.74, 6) is -0.0137. The molecule has 0 bridgehead atoms. The molecule has 0 saturated carbocycles. The number of aryl methyl sites for hydroxylation is 1. The van der Waals surface area contributed by atoms with Crippen LogP contribution in [0.2, 0.25) is 0 Å². The number of rotatable bonds is 3. The molecule has 1 aromatic rings. The minimum atomic E-state index is -3.16. The summed E-state index contributed by atoms with van der Waals surface area (Å²) in [5.41, 5.74) is 0.938. The first-order valence-electron chi connectivity index (χ1n) is 4.60. The number of sulfone groups is 1. The minimum absolute atomic E-state index is 0.213. The third-order valence-electron chi connectivity index (χ3n) is 2.03. The van der Waals surface area contributed by atoms with Crippen LogP contribution in [-0.2, 0) is 22.0 Å². The zero-order valence-electron chi connectivity index (χ0n) is 8.99. The highest BCUT2D eigenvalue weighted by molar-refractivity contribution is 7.89. The third kappa shape index (κ3) is 3.16. The van der Waals surface area contributed by atoms with Gasteiger partial charge >= 0.3 is 0 Å². The standard InChI is InChI=1S/C9H14N2O3S/c1-4-7-6(2)9(12)11-8(10-7)5-15(3,13)14/h4-5H2,1-3H3,(H,10,11,12). The number of aromatic nitrogens is 2. The Bertz CT molecular complexity index is 517. The van der Waals surface area contributed by atoms with Gasteiger partial charge in [-0.2, -0.15) is 0 Å². The monoisotopic (exact) mass is 230 g/mol. The summed E-state index contributed by atoms with van der Waals surface area (Å²) in [6.07, 6.45) is 1.73. The van der Waals surface area contributed by atoms with Gasteiger partial charge in [-0.1, -0.05) is 6.92 Å². The fraction of sp³-hybridized carbons (Fsp3) is 0.556. The van der Waals surface area contributed by atoms with Gasteiger partial charge in [0.1, 0.15) is 11.6 Å². The van der Waals surface area contributed by atoms with Crippen molar-refractivity contribution in [1.29, 1.82) is 0 Å². The average Bonchev–Trinajstić information content (AvgIpc) is 2.08. The average molecular weight is 230 g/mol. The van der Waals surface area contributed by atoms with E-state index in [2.05, 4.69) is 9.97 Å². The molecule has 6 heteroatoms. The van der Waals surface area contributed by atoms with Crippen molar-refractivity contribution < 1.29 is 8.42 Å². The van der Waals surface area contributed by atoms with Crippen LogP contribution in [0.25, 0.3) is 0 Å². The van der Waals surface area contributed by atoms with Crippen molar-refractivity contribution in [2.45, 2.75) is 26.0 Å². The molecule has 0 atom stereocenters. The Morgan fingerprint density at radius 1 is 1.40 bits per heavy atom. The van der Waals surface area contributed by atoms with E-state index in [1.165, 1.54) is 0 Å². The normalized spacial score (nSPS) is 11.7. The first kappa shape index (κ1) is 11.9. The number of hydrogen-bond donors (Lipinski definition) is 1. The molecule has 0 spiro atoms. The number of hydrogen-bond acceptors (Lipinski definition) is 4. The van der Waals surface area contributed by atoms with Crippen molar-refractivity contribution in [3.63, 3.8) is 0 Å². The van der Waals surface area contributed by atoms with Gasteiger partial charge in [-0.05, 0) is 13.3 Å². The molecule has 0 unspecified atom stereocenters. The van der Waals surface area contributed by atoms with Crippen LogP contribution in [0.15, 0.2) is 4.79 Å². The van der Waals surface area contributed by atoms with E-state index >= 15 is 0 Å². The van der Waals surface area contributed by atoms with Crippen molar-refractivity contribution in [2.24, 2.45) is 0 Å². The van der Waals surface area contributed by atoms with Crippen LogP contribution in [-0.4, -0.2) is 24.6 Å². The van der Waals surface area contributed by atoms with E-state index in [0.29, 0.717) is 17.7 Å². The predicted molar refractivity (Wildman–Crippen MR) is 57.5 cm³/mol. The van der Waals surface area contributed by atoms with Gasteiger partial charge in [0.15, 0.2) is 9.84 Å². The van der Waals surface area contributed by atoms with Gasteiger partial charge in [0.05, 0.1) is 5.69 Å². The van der Waals surface area contributed by atoms with Gasteiger partial charge in [0.25, 0.3) is 5.56 Å². The lowest BCUT2D eigenvalue weighted by Crippen LogP contribution is -2.19. The Hall–Kier alpha value is -1.17. The Labute approximate surface area is 88.5 Å². The molecule has 0 aliphatic rings. The Balaban J connectivity index is 3.24. The van der Waals surface area contributed by atoms with Gasteiger partial charge in [-0.3, -0.25) is 4.79 Å². The van der Waals surface area contributed by atoms with E-state index in [-0.39, 0.29) is 17.1 Å². The molecular weight excluding hydrogens is 216 g/mol. The summed E-state index contributed by atoms with van der Waals surface area (Å²) in [5, 5.41) is 0. The van der Waals surface area contributed by atoms with E-state index < -0.39 is 9.84 Å². The quantitative estimate of drug-likeness (QED) is 0.803. The first-order chi connectivity index (χ1) is 6.83. The summed E-state index contributed by atoms with van der Waals surface area (Å²) < 4.78 is 22.1. The maximum absolute atomic E-state index is 11.4. The highest BCUT2D eigenvalue weighted by Gasteiger charge is 2.10. The Morgan fingerprint density at radius 2 is 2.00 bits per heavy atom. The molecule has 1 rings (SSSR count). The van der Waals surface area contributed by atoms with Gasteiger partial charge in [-0.25, -0.2) is 13.4 Å². The zero-order chi connectivity index (χ0) is 11.6. The van der Waals surface area contributed by atoms with Crippen LogP contribution in [0.1, 0.15) is 24.0 Å². The van der Waals surface area contributed by atoms with E-state index in [9.17, 15) is 13.2 Å². The minimum Gasteiger partial charge on any atom is -0.309 e. The van der Waals surface area contributed by atoms with Crippen molar-refractivity contribution in [3.05, 3.63) is 27.4 Å². The molecular formula is C9H14N2O3S. The summed E-state index contributed by atoms with van der Waals surface area (Å²) in [4.78, 5) is 18.0. The van der Waals surface area contributed by atoms with Crippen molar-refractivity contribution in [1.82, 2.24) is 9.97 Å². The van der Waals surface area contributed by atoms with Crippen molar-refractivity contribution >= 4 is 9.84 Å². The molecule has 1 heterocycles. The van der Waals surface area contributed by atoms with Crippen LogP contribution in [0, 0.1) is 6.92 Å². The van der Waals surface area contributed by atoms with Crippen LogP contribution in [0.4, 0.5) is 0 Å². The number of aromatic amines is 1. The van der Waals surface area contributed by atoms with Gasteiger partial charge in [0.2, 0.25) is 0 Å². The second-order valence-electron chi connectivity index (χ2n) is 3.51. The highest BCUT2D eigenvalue weighted by atomic mass is 32.2. The number of nitrogens with one attached hydrogen (secondary N) is 1. The smallest absolute Gasteiger partial charge is 0.254 e. The van der Waals surface area contributed by atoms with Crippen LogP contribution in [0.3, 0.4) is 0 Å². The Kier molecular flexibility index (Phi) is 3.28. The van der Waals surface area contributed by atoms with E-state index in [1.54, 1.807) is 6.92 Å². The molecule has 0 aliphatic heterocycles. The lowest BCUT2D eigenvalue weighted by Gasteiger charge is -2.04. The molecule has 5 nitrogen and oxygen atoms in total. The van der Waals surface area contributed by atoms with E-state index in [1.807, 2.05) is 6.92 Å². The molecule has 0 aromatic carbocycles. The fourth-order valence-corrected chi connectivity index (χ4v) is 1.92. The van der Waals surface area contributed by atoms with Crippen molar-refractivity contribution in [3.8, 4) is 0 Å². The van der Waals surface area contributed by atoms with Gasteiger partial charge in [-0.15, -0.1) is 0 Å². The predicted octanol–water partition coefficient (Wildman–Crippen LogP) is 0.185. The second-order valence-corrected chi connectivity index (χ2v) is 5.65. The summed E-state index contributed by atoms with van der Waals surface area (Å²) in [7, 11) is -3.16. The highest BCUT2D eigenvalue weighted by Crippen LogP contribution is 2.02. The third-order valence-corrected chi connectivity index (χ3v) is 2.83.